The maximum absolute atomic E-state index is 12.2. The summed E-state index contributed by atoms with van der Waals surface area (Å²) in [6.07, 6.45) is 0.841. The Kier molecular flexibility index (Phi) is 3.17. The molecule has 0 unspecified atom stereocenters. The van der Waals surface area contributed by atoms with Gasteiger partial charge < -0.3 is 14.8 Å². The van der Waals surface area contributed by atoms with E-state index < -0.39 is 0 Å². The highest BCUT2D eigenvalue weighted by Crippen LogP contribution is 2.13. The average molecular weight is 235 g/mol. The first-order valence-electron chi connectivity index (χ1n) is 5.76. The maximum atomic E-state index is 12.2. The lowest BCUT2D eigenvalue weighted by Gasteiger charge is -2.32. The Labute approximate surface area is 100 Å². The number of aromatic amines is 1. The first-order chi connectivity index (χ1) is 8.11. The van der Waals surface area contributed by atoms with E-state index in [-0.39, 0.29) is 5.91 Å². The van der Waals surface area contributed by atoms with Crippen molar-refractivity contribution in [2.75, 3.05) is 26.2 Å². The van der Waals surface area contributed by atoms with Crippen LogP contribution in [-0.2, 0) is 4.79 Å². The monoisotopic (exact) mass is 235 g/mol. The molecular formula is C12H17N3O2. The molecule has 0 bridgehead atoms. The molecule has 17 heavy (non-hydrogen) atoms. The van der Waals surface area contributed by atoms with Crippen molar-refractivity contribution < 1.29 is 9.59 Å². The summed E-state index contributed by atoms with van der Waals surface area (Å²) in [5.74, 6) is 0.0531. The van der Waals surface area contributed by atoms with Gasteiger partial charge >= 0.3 is 0 Å². The smallest absolute Gasteiger partial charge is 0.255 e. The van der Waals surface area contributed by atoms with Crippen LogP contribution in [0, 0.1) is 13.8 Å². The fraction of sp³-hybridized carbons (Fsp3) is 0.500. The molecular weight excluding hydrogens is 218 g/mol. The van der Waals surface area contributed by atoms with Crippen LogP contribution in [0.2, 0.25) is 0 Å². The maximum Gasteiger partial charge on any atom is 0.255 e. The minimum Gasteiger partial charge on any atom is -0.362 e. The Bertz CT molecular complexity index is 431. The quantitative estimate of drug-likeness (QED) is 0.761. The van der Waals surface area contributed by atoms with E-state index in [9.17, 15) is 9.59 Å². The molecule has 0 aliphatic carbocycles. The molecule has 1 aromatic rings. The fourth-order valence-corrected chi connectivity index (χ4v) is 2.15. The van der Waals surface area contributed by atoms with Gasteiger partial charge in [0.05, 0.1) is 5.56 Å². The van der Waals surface area contributed by atoms with Crippen molar-refractivity contribution in [3.63, 3.8) is 0 Å². The van der Waals surface area contributed by atoms with Gasteiger partial charge in [-0.2, -0.15) is 0 Å². The molecule has 1 aliphatic heterocycles. The number of rotatable bonds is 2. The van der Waals surface area contributed by atoms with Crippen LogP contribution in [0.25, 0.3) is 0 Å². The second-order valence-electron chi connectivity index (χ2n) is 4.42. The highest BCUT2D eigenvalue weighted by molar-refractivity contribution is 5.95. The molecule has 1 aliphatic rings. The zero-order valence-electron chi connectivity index (χ0n) is 10.2. The van der Waals surface area contributed by atoms with Crippen molar-refractivity contribution in [3.05, 3.63) is 23.0 Å². The zero-order chi connectivity index (χ0) is 12.4. The van der Waals surface area contributed by atoms with Gasteiger partial charge in [-0.15, -0.1) is 0 Å². The summed E-state index contributed by atoms with van der Waals surface area (Å²) in [5, 5.41) is 0. The van der Waals surface area contributed by atoms with E-state index in [2.05, 4.69) is 4.98 Å². The first kappa shape index (κ1) is 11.7. The van der Waals surface area contributed by atoms with Crippen LogP contribution in [0.1, 0.15) is 21.7 Å². The molecule has 2 rings (SSSR count). The molecule has 2 amide bonds. The van der Waals surface area contributed by atoms with Crippen LogP contribution >= 0.6 is 0 Å². The lowest BCUT2D eigenvalue weighted by atomic mass is 10.2. The van der Waals surface area contributed by atoms with Crippen LogP contribution in [0.3, 0.4) is 0 Å². The molecule has 0 aromatic carbocycles. The molecule has 0 saturated carbocycles. The SMILES string of the molecule is Cc1cc(C(=O)N2CCN(C=O)CC2)c(C)[nH]1. The highest BCUT2D eigenvalue weighted by atomic mass is 16.2. The number of nitrogens with one attached hydrogen (secondary N) is 1. The topological polar surface area (TPSA) is 56.4 Å². The lowest BCUT2D eigenvalue weighted by Crippen LogP contribution is -2.48. The first-order valence-corrected chi connectivity index (χ1v) is 5.76. The second kappa shape index (κ2) is 4.61. The number of aromatic nitrogens is 1. The van der Waals surface area contributed by atoms with Crippen molar-refractivity contribution >= 4 is 12.3 Å². The van der Waals surface area contributed by atoms with E-state index >= 15 is 0 Å². The van der Waals surface area contributed by atoms with Gasteiger partial charge in [-0.05, 0) is 19.9 Å². The zero-order valence-corrected chi connectivity index (χ0v) is 10.2. The van der Waals surface area contributed by atoms with Crippen molar-refractivity contribution in [2.24, 2.45) is 0 Å². The summed E-state index contributed by atoms with van der Waals surface area (Å²) in [5.41, 5.74) is 2.64. The predicted octanol–water partition coefficient (Wildman–Crippen LogP) is 0.546. The van der Waals surface area contributed by atoms with Crippen LogP contribution in [0.15, 0.2) is 6.07 Å². The molecule has 2 heterocycles. The molecule has 1 saturated heterocycles. The largest absolute Gasteiger partial charge is 0.362 e. The highest BCUT2D eigenvalue weighted by Gasteiger charge is 2.23. The molecule has 92 valence electrons. The Morgan fingerprint density at radius 2 is 1.94 bits per heavy atom. The van der Waals surface area contributed by atoms with E-state index in [1.807, 2.05) is 19.9 Å². The van der Waals surface area contributed by atoms with Crippen molar-refractivity contribution in [3.8, 4) is 0 Å². The third-order valence-corrected chi connectivity index (χ3v) is 3.13. The predicted molar refractivity (Wildman–Crippen MR) is 63.8 cm³/mol. The third kappa shape index (κ3) is 2.33. The summed E-state index contributed by atoms with van der Waals surface area (Å²) in [7, 11) is 0. The van der Waals surface area contributed by atoms with E-state index in [0.717, 1.165) is 23.4 Å². The summed E-state index contributed by atoms with van der Waals surface area (Å²) in [4.78, 5) is 29.4. The molecule has 1 aromatic heterocycles. The number of nitrogens with zero attached hydrogens (tertiary/aromatic N) is 2. The average Bonchev–Trinajstić information content (AvgIpc) is 2.68. The normalized spacial score (nSPS) is 16.1. The number of aryl methyl sites for hydroxylation is 2. The number of piperazine rings is 1. The number of amides is 2. The Balaban J connectivity index is 2.06. The van der Waals surface area contributed by atoms with Crippen molar-refractivity contribution in [2.45, 2.75) is 13.8 Å². The molecule has 5 heteroatoms. The number of carbonyl (C=O) groups excluding carboxylic acids is 2. The summed E-state index contributed by atoms with van der Waals surface area (Å²) >= 11 is 0. The third-order valence-electron chi connectivity index (χ3n) is 3.13. The minimum atomic E-state index is 0.0531. The summed E-state index contributed by atoms with van der Waals surface area (Å²) in [6.45, 7) is 6.31. The van der Waals surface area contributed by atoms with Crippen LogP contribution in [0.4, 0.5) is 0 Å². The van der Waals surface area contributed by atoms with Gasteiger partial charge in [0.25, 0.3) is 5.91 Å². The minimum absolute atomic E-state index is 0.0531. The number of carbonyl (C=O) groups is 2. The summed E-state index contributed by atoms with van der Waals surface area (Å²) in [6, 6.07) is 1.88. The van der Waals surface area contributed by atoms with E-state index in [4.69, 9.17) is 0 Å². The van der Waals surface area contributed by atoms with Gasteiger partial charge in [0.1, 0.15) is 0 Å². The van der Waals surface area contributed by atoms with Gasteiger partial charge in [0.15, 0.2) is 0 Å². The molecule has 0 radical (unpaired) electrons. The van der Waals surface area contributed by atoms with Crippen LogP contribution < -0.4 is 0 Å². The lowest BCUT2D eigenvalue weighted by molar-refractivity contribution is -0.119. The molecule has 0 atom stereocenters. The van der Waals surface area contributed by atoms with Crippen molar-refractivity contribution in [1.29, 1.82) is 0 Å². The Morgan fingerprint density at radius 3 is 2.41 bits per heavy atom. The van der Waals surface area contributed by atoms with Gasteiger partial charge in [-0.3, -0.25) is 9.59 Å². The number of hydrogen-bond donors (Lipinski definition) is 1. The molecule has 5 nitrogen and oxygen atoms in total. The standard InChI is InChI=1S/C12H17N3O2/c1-9-7-11(10(2)13-9)12(17)15-5-3-14(8-16)4-6-15/h7-8,13H,3-6H2,1-2H3. The van der Waals surface area contributed by atoms with Crippen LogP contribution in [0.5, 0.6) is 0 Å². The molecule has 1 N–H and O–H groups in total. The van der Waals surface area contributed by atoms with Crippen LogP contribution in [-0.4, -0.2) is 53.3 Å². The Hall–Kier alpha value is -1.78. The van der Waals surface area contributed by atoms with Gasteiger partial charge in [-0.25, -0.2) is 0 Å². The summed E-state index contributed by atoms with van der Waals surface area (Å²) < 4.78 is 0. The van der Waals surface area contributed by atoms with Gasteiger partial charge in [-0.1, -0.05) is 0 Å². The fourth-order valence-electron chi connectivity index (χ4n) is 2.15. The second-order valence-corrected chi connectivity index (χ2v) is 4.42. The van der Waals surface area contributed by atoms with Gasteiger partial charge in [0.2, 0.25) is 6.41 Å². The number of H-pyrrole nitrogens is 1. The van der Waals surface area contributed by atoms with E-state index in [0.29, 0.717) is 26.2 Å². The van der Waals surface area contributed by atoms with E-state index in [1.165, 1.54) is 0 Å². The Morgan fingerprint density at radius 1 is 1.29 bits per heavy atom. The molecule has 1 fully saturated rings. The van der Waals surface area contributed by atoms with Gasteiger partial charge in [0, 0.05) is 37.6 Å². The molecule has 0 spiro atoms. The van der Waals surface area contributed by atoms with Crippen molar-refractivity contribution in [1.82, 2.24) is 14.8 Å². The van der Waals surface area contributed by atoms with E-state index in [1.54, 1.807) is 9.80 Å². The number of hydrogen-bond acceptors (Lipinski definition) is 2.